The van der Waals surface area contributed by atoms with Gasteiger partial charge in [0.1, 0.15) is 0 Å². The highest BCUT2D eigenvalue weighted by molar-refractivity contribution is 6.17. The summed E-state index contributed by atoms with van der Waals surface area (Å²) < 4.78 is 0. The van der Waals surface area contributed by atoms with Crippen molar-refractivity contribution in [3.63, 3.8) is 0 Å². The molecule has 1 rings (SSSR count). The molecule has 0 unspecified atom stereocenters. The zero-order chi connectivity index (χ0) is 12.0. The number of anilines is 1. The number of amides is 1. The molecule has 0 aromatic heterocycles. The van der Waals surface area contributed by atoms with Gasteiger partial charge in [-0.1, -0.05) is 0 Å². The van der Waals surface area contributed by atoms with Crippen LogP contribution < -0.4 is 4.90 Å². The third-order valence-corrected chi connectivity index (χ3v) is 2.47. The Morgan fingerprint density at radius 3 is 2.50 bits per heavy atom. The molecule has 3 nitrogen and oxygen atoms in total. The minimum absolute atomic E-state index is 0.0187. The molecule has 0 aliphatic heterocycles. The van der Waals surface area contributed by atoms with Gasteiger partial charge in [0.2, 0.25) is 5.91 Å². The quantitative estimate of drug-likeness (QED) is 0.754. The molecule has 0 atom stereocenters. The molecule has 1 amide bonds. The van der Waals surface area contributed by atoms with Crippen molar-refractivity contribution in [3.8, 4) is 6.07 Å². The summed E-state index contributed by atoms with van der Waals surface area (Å²) in [7, 11) is 0. The van der Waals surface area contributed by atoms with Crippen LogP contribution in [0.25, 0.3) is 0 Å². The van der Waals surface area contributed by atoms with Gasteiger partial charge in [0.25, 0.3) is 0 Å². The van der Waals surface area contributed by atoms with Gasteiger partial charge >= 0.3 is 0 Å². The Hall–Kier alpha value is -1.53. The van der Waals surface area contributed by atoms with E-state index in [1.807, 2.05) is 6.07 Å². The Morgan fingerprint density at radius 1 is 1.44 bits per heavy atom. The maximum atomic E-state index is 11.4. The Labute approximate surface area is 100 Å². The van der Waals surface area contributed by atoms with Crippen LogP contribution in [0.1, 0.15) is 18.9 Å². The Kier molecular flexibility index (Phi) is 4.81. The SMILES string of the molecule is CC(=O)N(CCCCl)c1ccc(C#N)cc1. The topological polar surface area (TPSA) is 44.1 Å². The predicted octanol–water partition coefficient (Wildman–Crippen LogP) is 2.54. The van der Waals surface area contributed by atoms with E-state index in [2.05, 4.69) is 0 Å². The van der Waals surface area contributed by atoms with Crippen LogP contribution in [0.3, 0.4) is 0 Å². The van der Waals surface area contributed by atoms with Crippen LogP contribution in [0, 0.1) is 11.3 Å². The van der Waals surface area contributed by atoms with Crippen LogP contribution in [0.2, 0.25) is 0 Å². The maximum absolute atomic E-state index is 11.4. The van der Waals surface area contributed by atoms with Gasteiger partial charge in [-0.15, -0.1) is 11.6 Å². The van der Waals surface area contributed by atoms with Gasteiger partial charge in [-0.25, -0.2) is 0 Å². The van der Waals surface area contributed by atoms with Crippen molar-refractivity contribution in [1.82, 2.24) is 0 Å². The highest BCUT2D eigenvalue weighted by atomic mass is 35.5. The summed E-state index contributed by atoms with van der Waals surface area (Å²) in [5.74, 6) is 0.509. The lowest BCUT2D eigenvalue weighted by Gasteiger charge is -2.20. The number of nitrogens with zero attached hydrogens (tertiary/aromatic N) is 2. The molecule has 0 saturated carbocycles. The molecule has 0 heterocycles. The summed E-state index contributed by atoms with van der Waals surface area (Å²) in [6.07, 6.45) is 0.751. The first-order valence-corrected chi connectivity index (χ1v) is 5.56. The summed E-state index contributed by atoms with van der Waals surface area (Å²) in [5.41, 5.74) is 1.39. The normalized spacial score (nSPS) is 9.56. The van der Waals surface area contributed by atoms with Crippen molar-refractivity contribution in [1.29, 1.82) is 5.26 Å². The number of rotatable bonds is 4. The van der Waals surface area contributed by atoms with Crippen LogP contribution in [0.15, 0.2) is 24.3 Å². The molecule has 0 spiro atoms. The second kappa shape index (κ2) is 6.14. The molecule has 0 fully saturated rings. The third-order valence-electron chi connectivity index (χ3n) is 2.20. The van der Waals surface area contributed by atoms with Gasteiger partial charge < -0.3 is 4.90 Å². The lowest BCUT2D eigenvalue weighted by Crippen LogP contribution is -2.29. The fourth-order valence-corrected chi connectivity index (χ4v) is 1.52. The van der Waals surface area contributed by atoms with Gasteiger partial charge in [0.15, 0.2) is 0 Å². The molecule has 0 radical (unpaired) electrons. The smallest absolute Gasteiger partial charge is 0.223 e. The lowest BCUT2D eigenvalue weighted by molar-refractivity contribution is -0.116. The predicted molar refractivity (Wildman–Crippen MR) is 64.5 cm³/mol. The monoisotopic (exact) mass is 236 g/mol. The Bertz CT molecular complexity index is 394. The molecular formula is C12H13ClN2O. The summed E-state index contributed by atoms with van der Waals surface area (Å²) in [5, 5.41) is 8.67. The fraction of sp³-hybridized carbons (Fsp3) is 0.333. The van der Waals surface area contributed by atoms with Crippen LogP contribution in [-0.2, 0) is 4.79 Å². The second-order valence-electron chi connectivity index (χ2n) is 3.37. The van der Waals surface area contributed by atoms with E-state index in [9.17, 15) is 4.79 Å². The Morgan fingerprint density at radius 2 is 2.06 bits per heavy atom. The Balaban J connectivity index is 2.85. The molecule has 84 valence electrons. The van der Waals surface area contributed by atoms with E-state index >= 15 is 0 Å². The molecule has 0 bridgehead atoms. The van der Waals surface area contributed by atoms with Crippen molar-refractivity contribution >= 4 is 23.2 Å². The van der Waals surface area contributed by atoms with E-state index in [0.29, 0.717) is 18.0 Å². The zero-order valence-corrected chi connectivity index (χ0v) is 9.87. The van der Waals surface area contributed by atoms with Crippen molar-refractivity contribution in [3.05, 3.63) is 29.8 Å². The third kappa shape index (κ3) is 3.25. The standard InChI is InChI=1S/C12H13ClN2O/c1-10(16)15(8-2-7-13)12-5-3-11(9-14)4-6-12/h3-6H,2,7-8H2,1H3. The number of hydrogen-bond donors (Lipinski definition) is 0. The molecule has 0 N–H and O–H groups in total. The molecule has 1 aromatic carbocycles. The number of hydrogen-bond acceptors (Lipinski definition) is 2. The van der Waals surface area contributed by atoms with Crippen molar-refractivity contribution in [2.24, 2.45) is 0 Å². The van der Waals surface area contributed by atoms with Gasteiger partial charge in [-0.05, 0) is 30.7 Å². The molecule has 0 aliphatic carbocycles. The number of nitriles is 1. The van der Waals surface area contributed by atoms with Gasteiger partial charge in [-0.3, -0.25) is 4.79 Å². The minimum atomic E-state index is -0.0187. The zero-order valence-electron chi connectivity index (χ0n) is 9.11. The van der Waals surface area contributed by atoms with Gasteiger partial charge in [-0.2, -0.15) is 5.26 Å². The molecule has 0 saturated heterocycles. The molecule has 4 heteroatoms. The number of alkyl halides is 1. The maximum Gasteiger partial charge on any atom is 0.223 e. The summed E-state index contributed by atoms with van der Waals surface area (Å²) >= 11 is 5.60. The van der Waals surface area contributed by atoms with Crippen LogP contribution in [0.5, 0.6) is 0 Å². The summed E-state index contributed by atoms with van der Waals surface area (Å²) in [6, 6.07) is 8.99. The highest BCUT2D eigenvalue weighted by Gasteiger charge is 2.10. The summed E-state index contributed by atoms with van der Waals surface area (Å²) in [4.78, 5) is 13.1. The second-order valence-corrected chi connectivity index (χ2v) is 3.75. The van der Waals surface area contributed by atoms with Gasteiger partial charge in [0, 0.05) is 25.0 Å². The van der Waals surface area contributed by atoms with E-state index in [1.54, 1.807) is 29.2 Å². The number of carbonyl (C=O) groups is 1. The number of benzene rings is 1. The number of halogens is 1. The molecule has 16 heavy (non-hydrogen) atoms. The first kappa shape index (κ1) is 12.5. The first-order valence-electron chi connectivity index (χ1n) is 5.03. The van der Waals surface area contributed by atoms with Gasteiger partial charge in [0.05, 0.1) is 11.6 Å². The van der Waals surface area contributed by atoms with E-state index in [4.69, 9.17) is 16.9 Å². The highest BCUT2D eigenvalue weighted by Crippen LogP contribution is 2.15. The number of carbonyl (C=O) groups excluding carboxylic acids is 1. The fourth-order valence-electron chi connectivity index (χ4n) is 1.40. The van der Waals surface area contributed by atoms with Crippen LogP contribution in [0.4, 0.5) is 5.69 Å². The lowest BCUT2D eigenvalue weighted by atomic mass is 10.2. The van der Waals surface area contributed by atoms with E-state index in [0.717, 1.165) is 12.1 Å². The first-order chi connectivity index (χ1) is 7.69. The van der Waals surface area contributed by atoms with E-state index < -0.39 is 0 Å². The van der Waals surface area contributed by atoms with E-state index in [1.165, 1.54) is 6.92 Å². The molecular weight excluding hydrogens is 224 g/mol. The molecule has 0 aliphatic rings. The summed E-state index contributed by atoms with van der Waals surface area (Å²) in [6.45, 7) is 2.12. The molecule has 1 aromatic rings. The van der Waals surface area contributed by atoms with Crippen molar-refractivity contribution in [2.75, 3.05) is 17.3 Å². The van der Waals surface area contributed by atoms with Crippen LogP contribution >= 0.6 is 11.6 Å². The van der Waals surface area contributed by atoms with Crippen molar-refractivity contribution in [2.45, 2.75) is 13.3 Å². The minimum Gasteiger partial charge on any atom is -0.313 e. The van der Waals surface area contributed by atoms with E-state index in [-0.39, 0.29) is 5.91 Å². The average Bonchev–Trinajstić information content (AvgIpc) is 2.30. The van der Waals surface area contributed by atoms with Crippen LogP contribution in [-0.4, -0.2) is 18.3 Å². The van der Waals surface area contributed by atoms with Crippen molar-refractivity contribution < 1.29 is 4.79 Å². The largest absolute Gasteiger partial charge is 0.313 e. The average molecular weight is 237 g/mol.